The van der Waals surface area contributed by atoms with Crippen molar-refractivity contribution in [3.8, 4) is 0 Å². The third kappa shape index (κ3) is 3.54. The lowest BCUT2D eigenvalue weighted by Crippen LogP contribution is -2.25. The highest BCUT2D eigenvalue weighted by atomic mass is 16.3. The molecule has 1 aromatic carbocycles. The van der Waals surface area contributed by atoms with E-state index in [1.54, 1.807) is 6.20 Å². The van der Waals surface area contributed by atoms with Gasteiger partial charge >= 0.3 is 0 Å². The van der Waals surface area contributed by atoms with E-state index < -0.39 is 0 Å². The molecule has 106 valence electrons. The number of nitrogens with zero attached hydrogens (tertiary/aromatic N) is 1. The van der Waals surface area contributed by atoms with Crippen LogP contribution in [0.1, 0.15) is 30.1 Å². The van der Waals surface area contributed by atoms with Gasteiger partial charge in [0.05, 0.1) is 5.52 Å². The van der Waals surface area contributed by atoms with Crippen molar-refractivity contribution in [1.29, 1.82) is 0 Å². The van der Waals surface area contributed by atoms with Crippen molar-refractivity contribution >= 4 is 16.8 Å². The molecule has 1 heterocycles. The first-order chi connectivity index (χ1) is 9.72. The molecule has 0 spiro atoms. The summed E-state index contributed by atoms with van der Waals surface area (Å²) in [6, 6.07) is 9.30. The normalized spacial score (nSPS) is 12.3. The first-order valence-electron chi connectivity index (χ1n) is 6.95. The second-order valence-corrected chi connectivity index (χ2v) is 5.06. The zero-order valence-electron chi connectivity index (χ0n) is 11.7. The molecule has 4 heteroatoms. The average molecular weight is 272 g/mol. The highest BCUT2D eigenvalue weighted by Gasteiger charge is 2.09. The van der Waals surface area contributed by atoms with Crippen LogP contribution in [0.5, 0.6) is 0 Å². The van der Waals surface area contributed by atoms with E-state index in [4.69, 9.17) is 5.11 Å². The van der Waals surface area contributed by atoms with Gasteiger partial charge in [-0.25, -0.2) is 0 Å². The van der Waals surface area contributed by atoms with Gasteiger partial charge < -0.3 is 10.4 Å². The molecule has 0 aliphatic rings. The van der Waals surface area contributed by atoms with E-state index in [0.29, 0.717) is 12.1 Å². The number of pyridine rings is 1. The van der Waals surface area contributed by atoms with Crippen molar-refractivity contribution in [2.75, 3.05) is 13.2 Å². The smallest absolute Gasteiger partial charge is 0.251 e. The number of hydrogen-bond acceptors (Lipinski definition) is 3. The maximum atomic E-state index is 12.2. The number of benzene rings is 1. The highest BCUT2D eigenvalue weighted by Crippen LogP contribution is 2.16. The van der Waals surface area contributed by atoms with Crippen molar-refractivity contribution in [2.45, 2.75) is 19.8 Å². The lowest BCUT2D eigenvalue weighted by atomic mass is 10.1. The summed E-state index contributed by atoms with van der Waals surface area (Å²) in [6.45, 7) is 2.82. The van der Waals surface area contributed by atoms with Crippen LogP contribution in [0.4, 0.5) is 0 Å². The van der Waals surface area contributed by atoms with Gasteiger partial charge in [-0.15, -0.1) is 0 Å². The first kappa shape index (κ1) is 14.5. The van der Waals surface area contributed by atoms with Gasteiger partial charge in [0.1, 0.15) is 0 Å². The fraction of sp³-hybridized carbons (Fsp3) is 0.375. The maximum absolute atomic E-state index is 12.2. The maximum Gasteiger partial charge on any atom is 0.251 e. The van der Waals surface area contributed by atoms with Gasteiger partial charge in [0.2, 0.25) is 0 Å². The van der Waals surface area contributed by atoms with Crippen molar-refractivity contribution in [2.24, 2.45) is 5.92 Å². The first-order valence-corrected chi connectivity index (χ1v) is 6.95. The number of hydrogen-bond donors (Lipinski definition) is 2. The van der Waals surface area contributed by atoms with E-state index in [9.17, 15) is 4.79 Å². The third-order valence-corrected chi connectivity index (χ3v) is 3.36. The Bertz CT molecular complexity index is 578. The van der Waals surface area contributed by atoms with Crippen LogP contribution in [0, 0.1) is 5.92 Å². The molecule has 2 N–H and O–H groups in total. The van der Waals surface area contributed by atoms with Crippen LogP contribution >= 0.6 is 0 Å². The zero-order valence-corrected chi connectivity index (χ0v) is 11.7. The van der Waals surface area contributed by atoms with Crippen molar-refractivity contribution in [1.82, 2.24) is 10.3 Å². The van der Waals surface area contributed by atoms with E-state index in [-0.39, 0.29) is 18.4 Å². The Morgan fingerprint density at radius 1 is 1.35 bits per heavy atom. The SMILES string of the molecule is CC(CO)CCCNC(=O)c1cccc2ncccc12. The number of amides is 1. The van der Waals surface area contributed by atoms with Crippen molar-refractivity contribution in [3.63, 3.8) is 0 Å². The van der Waals surface area contributed by atoms with Crippen LogP contribution < -0.4 is 5.32 Å². The number of nitrogens with one attached hydrogen (secondary N) is 1. The summed E-state index contributed by atoms with van der Waals surface area (Å²) in [4.78, 5) is 16.4. The Morgan fingerprint density at radius 3 is 3.00 bits per heavy atom. The molecule has 2 rings (SSSR count). The standard InChI is InChI=1S/C16H20N2O2/c1-12(11-19)5-3-10-18-16(20)14-6-2-8-15-13(14)7-4-9-17-15/h2,4,6-9,12,19H,3,5,10-11H2,1H3,(H,18,20). The minimum absolute atomic E-state index is 0.0692. The van der Waals surface area contributed by atoms with Crippen LogP contribution in [0.3, 0.4) is 0 Å². The van der Waals surface area contributed by atoms with E-state index >= 15 is 0 Å². The Morgan fingerprint density at radius 2 is 2.20 bits per heavy atom. The Labute approximate surface area is 118 Å². The lowest BCUT2D eigenvalue weighted by Gasteiger charge is -2.09. The Kier molecular flexibility index (Phi) is 5.07. The molecule has 1 aromatic heterocycles. The molecule has 0 bridgehead atoms. The van der Waals surface area contributed by atoms with Gasteiger partial charge in [-0.1, -0.05) is 19.1 Å². The number of fused-ring (bicyclic) bond motifs is 1. The van der Waals surface area contributed by atoms with Crippen LogP contribution in [0.15, 0.2) is 36.5 Å². The molecule has 20 heavy (non-hydrogen) atoms. The molecule has 0 aliphatic carbocycles. The van der Waals surface area contributed by atoms with Gasteiger partial charge in [-0.05, 0) is 37.0 Å². The van der Waals surface area contributed by atoms with Crippen LogP contribution in [-0.4, -0.2) is 29.1 Å². The lowest BCUT2D eigenvalue weighted by molar-refractivity contribution is 0.0953. The van der Waals surface area contributed by atoms with E-state index in [1.165, 1.54) is 0 Å². The number of carbonyl (C=O) groups excluding carboxylic acids is 1. The molecule has 0 saturated carbocycles. The minimum Gasteiger partial charge on any atom is -0.396 e. The summed E-state index contributed by atoms with van der Waals surface area (Å²) in [5.74, 6) is 0.217. The quantitative estimate of drug-likeness (QED) is 0.794. The Balaban J connectivity index is 1.98. The molecular weight excluding hydrogens is 252 g/mol. The predicted molar refractivity (Wildman–Crippen MR) is 79.6 cm³/mol. The summed E-state index contributed by atoms with van der Waals surface area (Å²) < 4.78 is 0. The van der Waals surface area contributed by atoms with Crippen LogP contribution in [0.25, 0.3) is 10.9 Å². The molecule has 2 aromatic rings. The summed E-state index contributed by atoms with van der Waals surface area (Å²) in [5.41, 5.74) is 1.49. The van der Waals surface area contributed by atoms with Crippen molar-refractivity contribution in [3.05, 3.63) is 42.1 Å². The molecule has 1 amide bonds. The monoisotopic (exact) mass is 272 g/mol. The topological polar surface area (TPSA) is 62.2 Å². The summed E-state index contributed by atoms with van der Waals surface area (Å²) in [7, 11) is 0. The fourth-order valence-corrected chi connectivity index (χ4v) is 2.14. The summed E-state index contributed by atoms with van der Waals surface area (Å²) >= 11 is 0. The number of aliphatic hydroxyl groups is 1. The molecular formula is C16H20N2O2. The van der Waals surface area contributed by atoms with Gasteiger partial charge in [-0.3, -0.25) is 9.78 Å². The third-order valence-electron chi connectivity index (χ3n) is 3.36. The number of aliphatic hydroxyl groups excluding tert-OH is 1. The molecule has 1 atom stereocenters. The van der Waals surface area contributed by atoms with Gasteiger partial charge in [0.25, 0.3) is 5.91 Å². The highest BCUT2D eigenvalue weighted by molar-refractivity contribution is 6.06. The van der Waals surface area contributed by atoms with Gasteiger partial charge in [0.15, 0.2) is 0 Å². The predicted octanol–water partition coefficient (Wildman–Crippen LogP) is 2.37. The van der Waals surface area contributed by atoms with E-state index in [1.807, 2.05) is 37.3 Å². The van der Waals surface area contributed by atoms with Crippen LogP contribution in [-0.2, 0) is 0 Å². The van der Waals surface area contributed by atoms with Crippen LogP contribution in [0.2, 0.25) is 0 Å². The number of rotatable bonds is 6. The van der Waals surface area contributed by atoms with Gasteiger partial charge in [-0.2, -0.15) is 0 Å². The van der Waals surface area contributed by atoms with Gasteiger partial charge in [0, 0.05) is 30.3 Å². The summed E-state index contributed by atoms with van der Waals surface area (Å²) in [5, 5.41) is 12.7. The molecule has 0 saturated heterocycles. The number of aromatic nitrogens is 1. The second-order valence-electron chi connectivity index (χ2n) is 5.06. The molecule has 0 fully saturated rings. The molecule has 0 aliphatic heterocycles. The largest absolute Gasteiger partial charge is 0.396 e. The molecule has 1 unspecified atom stereocenters. The average Bonchev–Trinajstić information content (AvgIpc) is 2.50. The van der Waals surface area contributed by atoms with E-state index in [2.05, 4.69) is 10.3 Å². The second kappa shape index (κ2) is 7.01. The zero-order chi connectivity index (χ0) is 14.4. The van der Waals surface area contributed by atoms with Crippen molar-refractivity contribution < 1.29 is 9.90 Å². The fourth-order valence-electron chi connectivity index (χ4n) is 2.14. The molecule has 0 radical (unpaired) electrons. The number of carbonyl (C=O) groups is 1. The molecule has 4 nitrogen and oxygen atoms in total. The summed E-state index contributed by atoms with van der Waals surface area (Å²) in [6.07, 6.45) is 3.50. The Hall–Kier alpha value is -1.94. The minimum atomic E-state index is -0.0692. The van der Waals surface area contributed by atoms with E-state index in [0.717, 1.165) is 23.7 Å².